The number of benzene rings is 3. The summed E-state index contributed by atoms with van der Waals surface area (Å²) in [5, 5.41) is 12.5. The maximum atomic E-state index is 13.6. The molecule has 4 rings (SSSR count). The number of carboxylic acid groups (broad SMARTS) is 1. The predicted molar refractivity (Wildman–Crippen MR) is 143 cm³/mol. The maximum Gasteiger partial charge on any atom is 0.326 e. The first-order chi connectivity index (χ1) is 18.2. The number of hydrogen-bond donors (Lipinski definition) is 2. The number of ether oxygens (including phenoxy) is 2. The van der Waals surface area contributed by atoms with E-state index in [-0.39, 0.29) is 24.2 Å². The number of nitrogens with one attached hydrogen (secondary N) is 1. The van der Waals surface area contributed by atoms with Crippen molar-refractivity contribution in [2.45, 2.75) is 47.8 Å². The molecule has 2 N–H and O–H groups in total. The summed E-state index contributed by atoms with van der Waals surface area (Å²) in [5.41, 5.74) is 2.25. The van der Waals surface area contributed by atoms with E-state index in [1.165, 1.54) is 12.1 Å². The standard InChI is InChI=1S/C29H31NO7S/c1-36-24-11-8-12-25(37-2)26(24)21-15-13-20(14-16-21)19-23(27(31)32)30-28(33)29(17-6-7-18-29)38(34,35)22-9-4-3-5-10-22/h3-5,8-16,23H,6-7,17-19H2,1-2H3,(H,30,33)(H,31,32)/t23-/m0/s1. The van der Waals surface area contributed by atoms with Gasteiger partial charge in [-0.1, -0.05) is 61.4 Å². The van der Waals surface area contributed by atoms with Gasteiger partial charge in [-0.05, 0) is 48.2 Å². The molecule has 0 radical (unpaired) electrons. The van der Waals surface area contributed by atoms with E-state index in [0.29, 0.717) is 29.9 Å². The highest BCUT2D eigenvalue weighted by atomic mass is 32.2. The van der Waals surface area contributed by atoms with Crippen LogP contribution in [0.15, 0.2) is 77.7 Å². The number of hydrogen-bond acceptors (Lipinski definition) is 6. The summed E-state index contributed by atoms with van der Waals surface area (Å²) >= 11 is 0. The lowest BCUT2D eigenvalue weighted by Crippen LogP contribution is -2.55. The zero-order valence-electron chi connectivity index (χ0n) is 21.3. The van der Waals surface area contributed by atoms with Gasteiger partial charge in [-0.2, -0.15) is 0 Å². The minimum absolute atomic E-state index is 0.00806. The summed E-state index contributed by atoms with van der Waals surface area (Å²) in [4.78, 5) is 25.7. The molecule has 0 aliphatic heterocycles. The van der Waals surface area contributed by atoms with Crippen molar-refractivity contribution in [2.75, 3.05) is 14.2 Å². The van der Waals surface area contributed by atoms with Gasteiger partial charge in [-0.3, -0.25) is 4.79 Å². The topological polar surface area (TPSA) is 119 Å². The van der Waals surface area contributed by atoms with Crippen LogP contribution in [0.4, 0.5) is 0 Å². The van der Waals surface area contributed by atoms with E-state index in [2.05, 4.69) is 5.32 Å². The monoisotopic (exact) mass is 537 g/mol. The molecule has 1 atom stereocenters. The van der Waals surface area contributed by atoms with Crippen LogP contribution in [0.2, 0.25) is 0 Å². The highest BCUT2D eigenvalue weighted by Gasteiger charge is 2.53. The van der Waals surface area contributed by atoms with Gasteiger partial charge >= 0.3 is 5.97 Å². The second kappa shape index (κ2) is 11.3. The Labute approximate surface area is 222 Å². The fourth-order valence-electron chi connectivity index (χ4n) is 5.06. The van der Waals surface area contributed by atoms with Gasteiger partial charge in [0.2, 0.25) is 5.91 Å². The van der Waals surface area contributed by atoms with E-state index in [4.69, 9.17) is 9.47 Å². The second-order valence-electron chi connectivity index (χ2n) is 9.32. The second-order valence-corrected chi connectivity index (χ2v) is 11.6. The van der Waals surface area contributed by atoms with Crippen LogP contribution in [0.5, 0.6) is 11.5 Å². The molecule has 0 bridgehead atoms. The highest BCUT2D eigenvalue weighted by molar-refractivity contribution is 7.93. The van der Waals surface area contributed by atoms with E-state index in [1.807, 2.05) is 30.3 Å². The van der Waals surface area contributed by atoms with Crippen LogP contribution in [0, 0.1) is 0 Å². The lowest BCUT2D eigenvalue weighted by Gasteiger charge is -2.29. The molecular weight excluding hydrogens is 506 g/mol. The first-order valence-electron chi connectivity index (χ1n) is 12.4. The Morgan fingerprint density at radius 1 is 0.895 bits per heavy atom. The third-order valence-corrected chi connectivity index (χ3v) is 9.62. The van der Waals surface area contributed by atoms with Crippen molar-refractivity contribution in [3.63, 3.8) is 0 Å². The lowest BCUT2D eigenvalue weighted by atomic mass is 9.98. The van der Waals surface area contributed by atoms with Crippen molar-refractivity contribution in [3.8, 4) is 22.6 Å². The smallest absolute Gasteiger partial charge is 0.326 e. The molecule has 38 heavy (non-hydrogen) atoms. The van der Waals surface area contributed by atoms with Crippen LogP contribution in [0.25, 0.3) is 11.1 Å². The van der Waals surface area contributed by atoms with Gasteiger partial charge in [-0.25, -0.2) is 13.2 Å². The molecule has 1 amide bonds. The third kappa shape index (κ3) is 5.11. The Balaban J connectivity index is 1.57. The molecule has 8 nitrogen and oxygen atoms in total. The van der Waals surface area contributed by atoms with Gasteiger partial charge in [0.15, 0.2) is 14.6 Å². The largest absolute Gasteiger partial charge is 0.496 e. The molecule has 1 saturated carbocycles. The molecular formula is C29H31NO7S. The number of methoxy groups -OCH3 is 2. The number of carbonyl (C=O) groups is 2. The number of carbonyl (C=O) groups excluding carboxylic acids is 1. The van der Waals surface area contributed by atoms with Crippen molar-refractivity contribution in [1.82, 2.24) is 5.32 Å². The summed E-state index contributed by atoms with van der Waals surface area (Å²) < 4.78 is 36.4. The molecule has 1 aliphatic rings. The quantitative estimate of drug-likeness (QED) is 0.396. The SMILES string of the molecule is COc1cccc(OC)c1-c1ccc(C[C@H](NC(=O)C2(S(=O)(=O)c3ccccc3)CCCC2)C(=O)O)cc1. The lowest BCUT2D eigenvalue weighted by molar-refractivity contribution is -0.142. The molecule has 0 aromatic heterocycles. The van der Waals surface area contributed by atoms with Crippen molar-refractivity contribution in [2.24, 2.45) is 0 Å². The number of carboxylic acids is 1. The summed E-state index contributed by atoms with van der Waals surface area (Å²) in [7, 11) is -0.879. The Morgan fingerprint density at radius 3 is 2.00 bits per heavy atom. The van der Waals surface area contributed by atoms with Crippen LogP contribution in [0.3, 0.4) is 0 Å². The minimum Gasteiger partial charge on any atom is -0.496 e. The van der Waals surface area contributed by atoms with Gasteiger partial charge in [-0.15, -0.1) is 0 Å². The van der Waals surface area contributed by atoms with Gasteiger partial charge in [0.1, 0.15) is 17.5 Å². The van der Waals surface area contributed by atoms with Crippen molar-refractivity contribution < 1.29 is 32.6 Å². The molecule has 1 fully saturated rings. The Morgan fingerprint density at radius 2 is 1.47 bits per heavy atom. The first kappa shape index (κ1) is 27.2. The average molecular weight is 538 g/mol. The van der Waals surface area contributed by atoms with Gasteiger partial charge < -0.3 is 19.9 Å². The van der Waals surface area contributed by atoms with Crippen LogP contribution < -0.4 is 14.8 Å². The van der Waals surface area contributed by atoms with E-state index >= 15 is 0 Å². The van der Waals surface area contributed by atoms with Crippen molar-refractivity contribution >= 4 is 21.7 Å². The summed E-state index contributed by atoms with van der Waals surface area (Å²) in [6, 6.07) is 19.2. The Hall–Kier alpha value is -3.85. The highest BCUT2D eigenvalue weighted by Crippen LogP contribution is 2.41. The minimum atomic E-state index is -4.02. The average Bonchev–Trinajstić information content (AvgIpc) is 3.45. The fourth-order valence-corrected chi connectivity index (χ4v) is 7.15. The van der Waals surface area contributed by atoms with Gasteiger partial charge in [0.05, 0.1) is 24.7 Å². The molecule has 3 aromatic rings. The van der Waals surface area contributed by atoms with Crippen LogP contribution in [0.1, 0.15) is 31.2 Å². The summed E-state index contributed by atoms with van der Waals surface area (Å²) in [6.07, 6.45) is 1.44. The van der Waals surface area contributed by atoms with Crippen molar-refractivity contribution in [1.29, 1.82) is 0 Å². The van der Waals surface area contributed by atoms with Gasteiger partial charge in [0, 0.05) is 6.42 Å². The molecule has 3 aromatic carbocycles. The molecule has 200 valence electrons. The number of rotatable bonds is 10. The Kier molecular flexibility index (Phi) is 8.06. The number of aliphatic carboxylic acids is 1. The first-order valence-corrected chi connectivity index (χ1v) is 13.9. The molecule has 0 spiro atoms. The normalized spacial score (nSPS) is 15.4. The number of amides is 1. The van der Waals surface area contributed by atoms with Crippen LogP contribution >= 0.6 is 0 Å². The number of sulfone groups is 1. The fraction of sp³-hybridized carbons (Fsp3) is 0.310. The predicted octanol–water partition coefficient (Wildman–Crippen LogP) is 4.27. The van der Waals surface area contributed by atoms with Crippen LogP contribution in [-0.2, 0) is 25.8 Å². The van der Waals surface area contributed by atoms with Crippen LogP contribution in [-0.4, -0.2) is 50.4 Å². The third-order valence-electron chi connectivity index (χ3n) is 7.11. The van der Waals surface area contributed by atoms with E-state index in [9.17, 15) is 23.1 Å². The van der Waals surface area contributed by atoms with E-state index in [0.717, 1.165) is 11.1 Å². The van der Waals surface area contributed by atoms with Crippen molar-refractivity contribution in [3.05, 3.63) is 78.4 Å². The molecule has 9 heteroatoms. The van der Waals surface area contributed by atoms with E-state index in [1.54, 1.807) is 44.6 Å². The van der Waals surface area contributed by atoms with Gasteiger partial charge in [0.25, 0.3) is 0 Å². The Bertz CT molecular complexity index is 1370. The zero-order valence-corrected chi connectivity index (χ0v) is 22.2. The molecule has 0 heterocycles. The summed E-state index contributed by atoms with van der Waals surface area (Å²) in [5.74, 6) is -0.732. The summed E-state index contributed by atoms with van der Waals surface area (Å²) in [6.45, 7) is 0. The molecule has 0 saturated heterocycles. The van der Waals surface area contributed by atoms with E-state index < -0.39 is 32.5 Å². The molecule has 0 unspecified atom stereocenters. The maximum absolute atomic E-state index is 13.6. The molecule has 1 aliphatic carbocycles. The zero-order chi connectivity index (χ0) is 27.3.